The van der Waals surface area contributed by atoms with Gasteiger partial charge in [-0.2, -0.15) is 5.26 Å². The predicted octanol–water partition coefficient (Wildman–Crippen LogP) is 2.24. The predicted molar refractivity (Wildman–Crippen MR) is 54.8 cm³/mol. The molecule has 0 fully saturated rings. The minimum absolute atomic E-state index is 0.0438. The minimum atomic E-state index is 0.0438. The van der Waals surface area contributed by atoms with Crippen molar-refractivity contribution in [1.82, 2.24) is 0 Å². The van der Waals surface area contributed by atoms with E-state index in [1.54, 1.807) is 0 Å². The van der Waals surface area contributed by atoms with Gasteiger partial charge in [0.05, 0.1) is 11.6 Å². The van der Waals surface area contributed by atoms with Crippen molar-refractivity contribution in [3.63, 3.8) is 0 Å². The molecule has 14 heavy (non-hydrogen) atoms. The standard InChI is InChI=1S/C12H13NO/c1-9(8-14)5-11-3-4-12(7-13)10(2)6-11/h3-4,6,8-9H,5H2,1-2H3. The Morgan fingerprint density at radius 3 is 2.79 bits per heavy atom. The van der Waals surface area contributed by atoms with Crippen LogP contribution in [-0.4, -0.2) is 6.29 Å². The summed E-state index contributed by atoms with van der Waals surface area (Å²) in [5.41, 5.74) is 2.79. The highest BCUT2D eigenvalue weighted by atomic mass is 16.1. The van der Waals surface area contributed by atoms with E-state index in [4.69, 9.17) is 5.26 Å². The van der Waals surface area contributed by atoms with Gasteiger partial charge >= 0.3 is 0 Å². The number of nitrogens with zero attached hydrogens (tertiary/aromatic N) is 1. The molecule has 2 nitrogen and oxygen atoms in total. The van der Waals surface area contributed by atoms with Crippen molar-refractivity contribution in [2.45, 2.75) is 20.3 Å². The second-order valence-electron chi connectivity index (χ2n) is 3.58. The molecule has 2 heteroatoms. The average molecular weight is 187 g/mol. The van der Waals surface area contributed by atoms with E-state index in [0.29, 0.717) is 5.56 Å². The Morgan fingerprint density at radius 2 is 2.29 bits per heavy atom. The molecule has 1 unspecified atom stereocenters. The lowest BCUT2D eigenvalue weighted by Gasteiger charge is -2.05. The van der Waals surface area contributed by atoms with Gasteiger partial charge in [-0.25, -0.2) is 0 Å². The van der Waals surface area contributed by atoms with Crippen molar-refractivity contribution in [3.8, 4) is 6.07 Å². The van der Waals surface area contributed by atoms with Crippen molar-refractivity contribution in [2.24, 2.45) is 5.92 Å². The van der Waals surface area contributed by atoms with Gasteiger partial charge in [-0.1, -0.05) is 19.1 Å². The summed E-state index contributed by atoms with van der Waals surface area (Å²) in [6.45, 7) is 3.80. The van der Waals surface area contributed by atoms with E-state index in [9.17, 15) is 4.79 Å². The van der Waals surface area contributed by atoms with Crippen molar-refractivity contribution >= 4 is 6.29 Å². The summed E-state index contributed by atoms with van der Waals surface area (Å²) in [6, 6.07) is 7.81. The molecule has 0 aliphatic rings. The topological polar surface area (TPSA) is 40.9 Å². The maximum atomic E-state index is 10.5. The average Bonchev–Trinajstić information content (AvgIpc) is 2.18. The molecule has 0 radical (unpaired) electrons. The number of nitriles is 1. The third-order valence-corrected chi connectivity index (χ3v) is 2.20. The van der Waals surface area contributed by atoms with Crippen LogP contribution in [0.4, 0.5) is 0 Å². The van der Waals surface area contributed by atoms with Crippen LogP contribution in [-0.2, 0) is 11.2 Å². The normalized spacial score (nSPS) is 11.8. The van der Waals surface area contributed by atoms with E-state index in [2.05, 4.69) is 6.07 Å². The molecule has 0 bridgehead atoms. The van der Waals surface area contributed by atoms with Crippen LogP contribution in [0, 0.1) is 24.2 Å². The second kappa shape index (κ2) is 4.57. The zero-order valence-corrected chi connectivity index (χ0v) is 8.45. The summed E-state index contributed by atoms with van der Waals surface area (Å²) in [5, 5.41) is 8.73. The van der Waals surface area contributed by atoms with Gasteiger partial charge in [0, 0.05) is 5.92 Å². The highest BCUT2D eigenvalue weighted by molar-refractivity contribution is 5.53. The summed E-state index contributed by atoms with van der Waals surface area (Å²) in [5.74, 6) is 0.0438. The molecule has 0 aromatic heterocycles. The Labute approximate surface area is 84.2 Å². The van der Waals surface area contributed by atoms with Crippen LogP contribution in [0.1, 0.15) is 23.6 Å². The van der Waals surface area contributed by atoms with Gasteiger partial charge in [-0.3, -0.25) is 0 Å². The van der Waals surface area contributed by atoms with Gasteiger partial charge in [0.15, 0.2) is 0 Å². The third kappa shape index (κ3) is 2.43. The first-order valence-corrected chi connectivity index (χ1v) is 4.62. The van der Waals surface area contributed by atoms with E-state index < -0.39 is 0 Å². The van der Waals surface area contributed by atoms with Crippen molar-refractivity contribution in [2.75, 3.05) is 0 Å². The van der Waals surface area contributed by atoms with Gasteiger partial charge in [0.1, 0.15) is 6.29 Å². The Morgan fingerprint density at radius 1 is 1.57 bits per heavy atom. The second-order valence-corrected chi connectivity index (χ2v) is 3.58. The SMILES string of the molecule is Cc1cc(CC(C)C=O)ccc1C#N. The highest BCUT2D eigenvalue weighted by Gasteiger charge is 2.03. The lowest BCUT2D eigenvalue weighted by Crippen LogP contribution is -2.01. The van der Waals surface area contributed by atoms with E-state index >= 15 is 0 Å². The minimum Gasteiger partial charge on any atom is -0.303 e. The van der Waals surface area contributed by atoms with Gasteiger partial charge in [-0.15, -0.1) is 0 Å². The molecule has 0 saturated carbocycles. The smallest absolute Gasteiger partial charge is 0.123 e. The summed E-state index contributed by atoms with van der Waals surface area (Å²) >= 11 is 0. The number of rotatable bonds is 3. The number of aldehydes is 1. The van der Waals surface area contributed by atoms with Crippen LogP contribution in [0.5, 0.6) is 0 Å². The fourth-order valence-electron chi connectivity index (χ4n) is 1.40. The lowest BCUT2D eigenvalue weighted by molar-refractivity contribution is -0.110. The first kappa shape index (κ1) is 10.5. The number of carbonyl (C=O) groups excluding carboxylic acids is 1. The molecular weight excluding hydrogens is 174 g/mol. The first-order valence-electron chi connectivity index (χ1n) is 4.62. The van der Waals surface area contributed by atoms with Gasteiger partial charge in [-0.05, 0) is 30.5 Å². The largest absolute Gasteiger partial charge is 0.303 e. The van der Waals surface area contributed by atoms with E-state index in [1.165, 1.54) is 0 Å². The molecule has 0 N–H and O–H groups in total. The molecule has 1 rings (SSSR count). The van der Waals surface area contributed by atoms with Gasteiger partial charge in [0.2, 0.25) is 0 Å². The molecule has 0 saturated heterocycles. The van der Waals surface area contributed by atoms with Crippen LogP contribution in [0.3, 0.4) is 0 Å². The molecule has 1 aromatic rings. The number of aryl methyl sites for hydroxylation is 1. The van der Waals surface area contributed by atoms with E-state index in [1.807, 2.05) is 32.0 Å². The molecule has 0 aliphatic heterocycles. The monoisotopic (exact) mass is 187 g/mol. The maximum absolute atomic E-state index is 10.5. The van der Waals surface area contributed by atoms with Crippen LogP contribution in [0.2, 0.25) is 0 Å². The number of hydrogen-bond acceptors (Lipinski definition) is 2. The van der Waals surface area contributed by atoms with Crippen LogP contribution in [0.15, 0.2) is 18.2 Å². The molecule has 0 aliphatic carbocycles. The molecule has 0 heterocycles. The van der Waals surface area contributed by atoms with Crippen molar-refractivity contribution in [3.05, 3.63) is 34.9 Å². The molecule has 72 valence electrons. The van der Waals surface area contributed by atoms with Crippen LogP contribution >= 0.6 is 0 Å². The Kier molecular flexibility index (Phi) is 3.41. The van der Waals surface area contributed by atoms with E-state index in [0.717, 1.165) is 23.8 Å². The van der Waals surface area contributed by atoms with Gasteiger partial charge < -0.3 is 4.79 Å². The molecule has 0 amide bonds. The Balaban J connectivity index is 2.87. The van der Waals surface area contributed by atoms with Crippen LogP contribution in [0.25, 0.3) is 0 Å². The third-order valence-electron chi connectivity index (χ3n) is 2.20. The Hall–Kier alpha value is -1.62. The fourth-order valence-corrected chi connectivity index (χ4v) is 1.40. The molecular formula is C12H13NO. The molecule has 1 atom stereocenters. The molecule has 0 spiro atoms. The van der Waals surface area contributed by atoms with Crippen LogP contribution < -0.4 is 0 Å². The quantitative estimate of drug-likeness (QED) is 0.681. The lowest BCUT2D eigenvalue weighted by atomic mass is 9.99. The summed E-state index contributed by atoms with van der Waals surface area (Å²) in [4.78, 5) is 10.5. The summed E-state index contributed by atoms with van der Waals surface area (Å²) in [6.07, 6.45) is 1.70. The summed E-state index contributed by atoms with van der Waals surface area (Å²) in [7, 11) is 0. The highest BCUT2D eigenvalue weighted by Crippen LogP contribution is 2.13. The van der Waals surface area contributed by atoms with Gasteiger partial charge in [0.25, 0.3) is 0 Å². The number of carbonyl (C=O) groups is 1. The zero-order valence-electron chi connectivity index (χ0n) is 8.45. The zero-order chi connectivity index (χ0) is 10.6. The molecule has 1 aromatic carbocycles. The van der Waals surface area contributed by atoms with Crippen molar-refractivity contribution < 1.29 is 4.79 Å². The summed E-state index contributed by atoms with van der Waals surface area (Å²) < 4.78 is 0. The fraction of sp³-hybridized carbons (Fsp3) is 0.333. The maximum Gasteiger partial charge on any atom is 0.123 e. The van der Waals surface area contributed by atoms with E-state index in [-0.39, 0.29) is 5.92 Å². The first-order chi connectivity index (χ1) is 6.67. The number of hydrogen-bond donors (Lipinski definition) is 0. The number of benzene rings is 1. The van der Waals surface area contributed by atoms with Crippen molar-refractivity contribution in [1.29, 1.82) is 5.26 Å². The Bertz CT molecular complexity index is 376.